The number of nitrogens with zero attached hydrogens (tertiary/aromatic N) is 1. The molecule has 30 heavy (non-hydrogen) atoms. The number of halogens is 1. The fraction of sp³-hybridized carbons (Fsp3) is 0.417. The fourth-order valence-corrected chi connectivity index (χ4v) is 3.77. The minimum Gasteiger partial charge on any atom is -0.372 e. The lowest BCUT2D eigenvalue weighted by Gasteiger charge is -2.22. The SMILES string of the molecule is O=C(NCCCc1ccc(N2CCCCCC2)cc1)C(=O)NCc1ccc(Cl)cc1. The monoisotopic (exact) mass is 427 g/mol. The molecule has 0 aliphatic carbocycles. The lowest BCUT2D eigenvalue weighted by atomic mass is 10.1. The highest BCUT2D eigenvalue weighted by molar-refractivity contribution is 6.35. The van der Waals surface area contributed by atoms with Gasteiger partial charge in [-0.25, -0.2) is 0 Å². The molecular formula is C24H30ClN3O2. The van der Waals surface area contributed by atoms with E-state index in [1.165, 1.54) is 36.9 Å². The van der Waals surface area contributed by atoms with Gasteiger partial charge in [0.2, 0.25) is 0 Å². The molecule has 1 aliphatic heterocycles. The average Bonchev–Trinajstić information content (AvgIpc) is 3.06. The van der Waals surface area contributed by atoms with Gasteiger partial charge in [0.15, 0.2) is 0 Å². The molecule has 0 atom stereocenters. The summed E-state index contributed by atoms with van der Waals surface area (Å²) in [6, 6.07) is 15.9. The van der Waals surface area contributed by atoms with Gasteiger partial charge in [-0.1, -0.05) is 48.7 Å². The van der Waals surface area contributed by atoms with E-state index in [1.54, 1.807) is 12.1 Å². The molecule has 0 bridgehead atoms. The molecule has 160 valence electrons. The van der Waals surface area contributed by atoms with E-state index in [0.717, 1.165) is 31.5 Å². The van der Waals surface area contributed by atoms with Gasteiger partial charge in [0, 0.05) is 36.9 Å². The van der Waals surface area contributed by atoms with E-state index in [4.69, 9.17) is 11.6 Å². The molecule has 3 rings (SSSR count). The molecule has 0 radical (unpaired) electrons. The van der Waals surface area contributed by atoms with Crippen LogP contribution in [0, 0.1) is 0 Å². The quantitative estimate of drug-likeness (QED) is 0.517. The summed E-state index contributed by atoms with van der Waals surface area (Å²) in [5, 5.41) is 5.95. The molecule has 0 spiro atoms. The zero-order chi connectivity index (χ0) is 21.2. The molecule has 2 amide bonds. The minimum absolute atomic E-state index is 0.298. The minimum atomic E-state index is -0.619. The molecule has 2 N–H and O–H groups in total. The highest BCUT2D eigenvalue weighted by Crippen LogP contribution is 2.20. The van der Waals surface area contributed by atoms with Crippen LogP contribution in [0.3, 0.4) is 0 Å². The Hall–Kier alpha value is -2.53. The first kappa shape index (κ1) is 22.2. The first-order valence-electron chi connectivity index (χ1n) is 10.8. The summed E-state index contributed by atoms with van der Waals surface area (Å²) in [6.45, 7) is 3.06. The van der Waals surface area contributed by atoms with Crippen molar-refractivity contribution in [1.82, 2.24) is 10.6 Å². The first-order chi connectivity index (χ1) is 14.6. The van der Waals surface area contributed by atoms with Gasteiger partial charge in [-0.3, -0.25) is 9.59 Å². The normalized spacial score (nSPS) is 14.1. The zero-order valence-electron chi connectivity index (χ0n) is 17.3. The molecule has 1 heterocycles. The first-order valence-corrected chi connectivity index (χ1v) is 11.1. The van der Waals surface area contributed by atoms with E-state index in [0.29, 0.717) is 18.1 Å². The van der Waals surface area contributed by atoms with Crippen LogP contribution < -0.4 is 15.5 Å². The van der Waals surface area contributed by atoms with Crippen LogP contribution in [0.4, 0.5) is 5.69 Å². The number of nitrogens with one attached hydrogen (secondary N) is 2. The van der Waals surface area contributed by atoms with Crippen molar-refractivity contribution in [3.63, 3.8) is 0 Å². The van der Waals surface area contributed by atoms with Gasteiger partial charge in [0.1, 0.15) is 0 Å². The third-order valence-corrected chi connectivity index (χ3v) is 5.66. The van der Waals surface area contributed by atoms with Crippen LogP contribution in [0.5, 0.6) is 0 Å². The van der Waals surface area contributed by atoms with Gasteiger partial charge in [0.25, 0.3) is 0 Å². The van der Waals surface area contributed by atoms with Gasteiger partial charge >= 0.3 is 11.8 Å². The Morgan fingerprint density at radius 3 is 2.07 bits per heavy atom. The molecule has 0 unspecified atom stereocenters. The van der Waals surface area contributed by atoms with E-state index in [1.807, 2.05) is 12.1 Å². The molecule has 1 saturated heterocycles. The van der Waals surface area contributed by atoms with E-state index >= 15 is 0 Å². The summed E-state index contributed by atoms with van der Waals surface area (Å²) < 4.78 is 0. The molecule has 6 heteroatoms. The van der Waals surface area contributed by atoms with E-state index < -0.39 is 11.8 Å². The Labute approximate surface area is 183 Å². The number of hydrogen-bond donors (Lipinski definition) is 2. The second kappa shape index (κ2) is 11.6. The lowest BCUT2D eigenvalue weighted by molar-refractivity contribution is -0.139. The Balaban J connectivity index is 1.34. The average molecular weight is 428 g/mol. The second-order valence-corrected chi connectivity index (χ2v) is 8.17. The Morgan fingerprint density at radius 1 is 0.800 bits per heavy atom. The zero-order valence-corrected chi connectivity index (χ0v) is 18.1. The van der Waals surface area contributed by atoms with Gasteiger partial charge in [0.05, 0.1) is 0 Å². The van der Waals surface area contributed by atoms with Crippen molar-refractivity contribution >= 4 is 29.1 Å². The number of amides is 2. The maximum absolute atomic E-state index is 11.9. The predicted molar refractivity (Wildman–Crippen MR) is 122 cm³/mol. The summed E-state index contributed by atoms with van der Waals surface area (Å²) in [4.78, 5) is 26.3. The van der Waals surface area contributed by atoms with Crippen molar-refractivity contribution in [3.8, 4) is 0 Å². The molecule has 5 nitrogen and oxygen atoms in total. The summed E-state index contributed by atoms with van der Waals surface area (Å²) in [6.07, 6.45) is 6.87. The topological polar surface area (TPSA) is 61.4 Å². The molecular weight excluding hydrogens is 398 g/mol. The lowest BCUT2D eigenvalue weighted by Crippen LogP contribution is -2.40. The fourth-order valence-electron chi connectivity index (χ4n) is 3.64. The standard InChI is InChI=1S/C24H30ClN3O2/c25-21-11-7-20(8-12-21)18-27-24(30)23(29)26-15-5-6-19-9-13-22(14-10-19)28-16-3-1-2-4-17-28/h7-14H,1-6,15-18H2,(H,26,29)(H,27,30). The largest absolute Gasteiger partial charge is 0.372 e. The van der Waals surface area contributed by atoms with Crippen LogP contribution in [-0.4, -0.2) is 31.4 Å². The van der Waals surface area contributed by atoms with Crippen molar-refractivity contribution in [1.29, 1.82) is 0 Å². The summed E-state index contributed by atoms with van der Waals surface area (Å²) in [5.41, 5.74) is 3.44. The smallest absolute Gasteiger partial charge is 0.309 e. The number of carbonyl (C=O) groups is 2. The molecule has 0 saturated carbocycles. The number of rotatable bonds is 7. The maximum Gasteiger partial charge on any atom is 0.309 e. The third kappa shape index (κ3) is 7.06. The summed E-state index contributed by atoms with van der Waals surface area (Å²) in [5.74, 6) is -1.22. The van der Waals surface area contributed by atoms with Crippen LogP contribution >= 0.6 is 11.6 Å². The van der Waals surface area contributed by atoms with E-state index in [2.05, 4.69) is 39.8 Å². The molecule has 1 fully saturated rings. The molecule has 0 aromatic heterocycles. The third-order valence-electron chi connectivity index (χ3n) is 5.41. The molecule has 2 aromatic rings. The molecule has 2 aromatic carbocycles. The van der Waals surface area contributed by atoms with Crippen molar-refractivity contribution in [3.05, 3.63) is 64.7 Å². The predicted octanol–water partition coefficient (Wildman–Crippen LogP) is 4.09. The van der Waals surface area contributed by atoms with Crippen molar-refractivity contribution in [2.24, 2.45) is 0 Å². The van der Waals surface area contributed by atoms with Crippen molar-refractivity contribution in [2.75, 3.05) is 24.5 Å². The number of anilines is 1. The summed E-state index contributed by atoms with van der Waals surface area (Å²) in [7, 11) is 0. The number of hydrogen-bond acceptors (Lipinski definition) is 3. The maximum atomic E-state index is 11.9. The number of benzene rings is 2. The van der Waals surface area contributed by atoms with Gasteiger partial charge < -0.3 is 15.5 Å². The van der Waals surface area contributed by atoms with Gasteiger partial charge in [-0.2, -0.15) is 0 Å². The Morgan fingerprint density at radius 2 is 1.40 bits per heavy atom. The Bertz CT molecular complexity index is 813. The van der Waals surface area contributed by atoms with Gasteiger partial charge in [-0.15, -0.1) is 0 Å². The van der Waals surface area contributed by atoms with Crippen LogP contribution in [0.15, 0.2) is 48.5 Å². The van der Waals surface area contributed by atoms with Crippen LogP contribution in [0.2, 0.25) is 5.02 Å². The molecule has 1 aliphatic rings. The van der Waals surface area contributed by atoms with Crippen molar-refractivity contribution < 1.29 is 9.59 Å². The van der Waals surface area contributed by atoms with E-state index in [-0.39, 0.29) is 0 Å². The van der Waals surface area contributed by atoms with Crippen LogP contribution in [0.1, 0.15) is 43.2 Å². The second-order valence-electron chi connectivity index (χ2n) is 7.74. The number of carbonyl (C=O) groups excluding carboxylic acids is 2. The highest BCUT2D eigenvalue weighted by Gasteiger charge is 2.12. The highest BCUT2D eigenvalue weighted by atomic mass is 35.5. The van der Waals surface area contributed by atoms with Gasteiger partial charge in [-0.05, 0) is 61.1 Å². The van der Waals surface area contributed by atoms with E-state index in [9.17, 15) is 9.59 Å². The number of aryl methyl sites for hydroxylation is 1. The van der Waals surface area contributed by atoms with Crippen LogP contribution in [0.25, 0.3) is 0 Å². The van der Waals surface area contributed by atoms with Crippen LogP contribution in [-0.2, 0) is 22.6 Å². The Kier molecular flexibility index (Phi) is 8.57. The van der Waals surface area contributed by atoms with Crippen molar-refractivity contribution in [2.45, 2.75) is 45.1 Å². The summed E-state index contributed by atoms with van der Waals surface area (Å²) >= 11 is 5.84.